The summed E-state index contributed by atoms with van der Waals surface area (Å²) in [6.45, 7) is 6.75. The van der Waals surface area contributed by atoms with Crippen molar-refractivity contribution in [2.45, 2.75) is 32.9 Å². The predicted octanol–water partition coefficient (Wildman–Crippen LogP) is 2.92. The van der Waals surface area contributed by atoms with Crippen LogP contribution in [-0.4, -0.2) is 66.5 Å². The molecule has 0 N–H and O–H groups in total. The van der Waals surface area contributed by atoms with E-state index in [4.69, 9.17) is 9.47 Å². The van der Waals surface area contributed by atoms with Gasteiger partial charge in [0.2, 0.25) is 0 Å². The minimum Gasteiger partial charge on any atom is -0.481 e. The molecule has 1 aliphatic rings. The summed E-state index contributed by atoms with van der Waals surface area (Å²) in [7, 11) is 1.32. The fourth-order valence-corrected chi connectivity index (χ4v) is 3.78. The van der Waals surface area contributed by atoms with Crippen molar-refractivity contribution in [1.29, 1.82) is 0 Å². The van der Waals surface area contributed by atoms with Crippen LogP contribution in [0.5, 0.6) is 5.75 Å². The Bertz CT molecular complexity index is 960. The summed E-state index contributed by atoms with van der Waals surface area (Å²) >= 11 is 0. The van der Waals surface area contributed by atoms with E-state index in [1.165, 1.54) is 7.11 Å². The van der Waals surface area contributed by atoms with Crippen molar-refractivity contribution >= 4 is 17.8 Å². The van der Waals surface area contributed by atoms with Gasteiger partial charge in [-0.15, -0.1) is 0 Å². The van der Waals surface area contributed by atoms with Crippen molar-refractivity contribution < 1.29 is 23.9 Å². The second-order valence-electron chi connectivity index (χ2n) is 7.68. The molecule has 2 atom stereocenters. The molecular weight excluding hydrogens is 396 g/mol. The van der Waals surface area contributed by atoms with Crippen LogP contribution in [0.4, 0.5) is 0 Å². The Morgan fingerprint density at radius 3 is 2.39 bits per heavy atom. The number of esters is 1. The first-order valence-corrected chi connectivity index (χ1v) is 10.3. The Morgan fingerprint density at radius 2 is 1.74 bits per heavy atom. The van der Waals surface area contributed by atoms with Gasteiger partial charge in [-0.05, 0) is 45.0 Å². The van der Waals surface area contributed by atoms with E-state index in [1.807, 2.05) is 25.1 Å². The van der Waals surface area contributed by atoms with Crippen LogP contribution < -0.4 is 4.74 Å². The molecule has 2 aromatic carbocycles. The van der Waals surface area contributed by atoms with Gasteiger partial charge in [-0.1, -0.05) is 24.3 Å². The Balaban J connectivity index is 1.64. The Hall–Kier alpha value is -3.35. The number of rotatable bonds is 5. The van der Waals surface area contributed by atoms with Crippen molar-refractivity contribution in [3.63, 3.8) is 0 Å². The van der Waals surface area contributed by atoms with Crippen LogP contribution in [0.15, 0.2) is 48.5 Å². The molecule has 1 saturated heterocycles. The van der Waals surface area contributed by atoms with E-state index in [9.17, 15) is 14.4 Å². The maximum absolute atomic E-state index is 13.1. The zero-order valence-corrected chi connectivity index (χ0v) is 18.3. The van der Waals surface area contributed by atoms with Gasteiger partial charge in [-0.2, -0.15) is 0 Å². The largest absolute Gasteiger partial charge is 0.481 e. The van der Waals surface area contributed by atoms with E-state index in [1.54, 1.807) is 54.0 Å². The smallest absolute Gasteiger partial charge is 0.338 e. The van der Waals surface area contributed by atoms with Crippen molar-refractivity contribution in [2.24, 2.45) is 0 Å². The van der Waals surface area contributed by atoms with Crippen molar-refractivity contribution in [1.82, 2.24) is 9.80 Å². The molecule has 31 heavy (non-hydrogen) atoms. The lowest BCUT2D eigenvalue weighted by Gasteiger charge is -2.40. The minimum absolute atomic E-state index is 0.0286. The maximum Gasteiger partial charge on any atom is 0.338 e. The molecule has 0 saturated carbocycles. The average molecular weight is 424 g/mol. The molecule has 0 bridgehead atoms. The van der Waals surface area contributed by atoms with Crippen LogP contribution in [0.3, 0.4) is 0 Å². The van der Waals surface area contributed by atoms with Gasteiger partial charge in [0.05, 0.1) is 12.7 Å². The summed E-state index contributed by atoms with van der Waals surface area (Å²) in [4.78, 5) is 41.2. The van der Waals surface area contributed by atoms with Gasteiger partial charge in [-0.25, -0.2) is 4.79 Å². The van der Waals surface area contributed by atoms with Gasteiger partial charge in [0.25, 0.3) is 11.8 Å². The first-order valence-electron chi connectivity index (χ1n) is 10.3. The van der Waals surface area contributed by atoms with Crippen LogP contribution in [-0.2, 0) is 9.53 Å². The van der Waals surface area contributed by atoms with Crippen molar-refractivity contribution in [3.8, 4) is 5.75 Å². The molecule has 1 aliphatic heterocycles. The average Bonchev–Trinajstić information content (AvgIpc) is 2.79. The number of carbonyl (C=O) groups is 3. The number of hydrogen-bond donors (Lipinski definition) is 0. The molecule has 2 amide bonds. The highest BCUT2D eigenvalue weighted by Gasteiger charge is 2.33. The Kier molecular flexibility index (Phi) is 6.95. The maximum atomic E-state index is 13.1. The summed E-state index contributed by atoms with van der Waals surface area (Å²) in [5.74, 6) is -0.162. The van der Waals surface area contributed by atoms with Gasteiger partial charge < -0.3 is 19.3 Å². The number of methoxy groups -OCH3 is 1. The molecule has 2 aromatic rings. The van der Waals surface area contributed by atoms with E-state index in [2.05, 4.69) is 0 Å². The highest BCUT2D eigenvalue weighted by Crippen LogP contribution is 2.24. The molecule has 3 rings (SSSR count). The van der Waals surface area contributed by atoms with E-state index in [0.717, 1.165) is 0 Å². The van der Waals surface area contributed by atoms with Gasteiger partial charge in [0.1, 0.15) is 5.75 Å². The van der Waals surface area contributed by atoms with E-state index < -0.39 is 12.1 Å². The van der Waals surface area contributed by atoms with Crippen molar-refractivity contribution in [3.05, 3.63) is 65.2 Å². The molecule has 7 heteroatoms. The van der Waals surface area contributed by atoms with Crippen LogP contribution in [0.2, 0.25) is 0 Å². The number of nitrogens with zero attached hydrogens (tertiary/aromatic N) is 2. The topological polar surface area (TPSA) is 76.2 Å². The minimum atomic E-state index is -0.731. The Labute approximate surface area is 182 Å². The molecule has 0 aromatic heterocycles. The van der Waals surface area contributed by atoms with Crippen LogP contribution in [0.25, 0.3) is 0 Å². The third-order valence-electron chi connectivity index (χ3n) is 5.56. The Morgan fingerprint density at radius 1 is 1.03 bits per heavy atom. The molecule has 164 valence electrons. The van der Waals surface area contributed by atoms with E-state index >= 15 is 0 Å². The SMILES string of the molecule is COC(=O)c1cccc(OC(C)C(=O)N2CCN(C(=O)c3ccccc3)CC2C)c1C. The molecule has 2 unspecified atom stereocenters. The second-order valence-corrected chi connectivity index (χ2v) is 7.68. The van der Waals surface area contributed by atoms with Gasteiger partial charge in [0, 0.05) is 36.8 Å². The number of benzene rings is 2. The molecule has 1 heterocycles. The summed E-state index contributed by atoms with van der Waals surface area (Å²) in [6, 6.07) is 14.1. The third kappa shape index (κ3) is 4.87. The van der Waals surface area contributed by atoms with E-state index in [0.29, 0.717) is 42.1 Å². The highest BCUT2D eigenvalue weighted by atomic mass is 16.5. The van der Waals surface area contributed by atoms with Crippen LogP contribution in [0.1, 0.15) is 40.1 Å². The lowest BCUT2D eigenvalue weighted by molar-refractivity contribution is -0.142. The van der Waals surface area contributed by atoms with Gasteiger partial charge >= 0.3 is 5.97 Å². The van der Waals surface area contributed by atoms with Gasteiger partial charge in [-0.3, -0.25) is 9.59 Å². The van der Waals surface area contributed by atoms with E-state index in [-0.39, 0.29) is 17.9 Å². The lowest BCUT2D eigenvalue weighted by Crippen LogP contribution is -2.57. The normalized spacial score (nSPS) is 17.1. The fraction of sp³-hybridized carbons (Fsp3) is 0.375. The zero-order chi connectivity index (χ0) is 22.5. The lowest BCUT2D eigenvalue weighted by atomic mass is 10.1. The molecule has 1 fully saturated rings. The zero-order valence-electron chi connectivity index (χ0n) is 18.3. The predicted molar refractivity (Wildman–Crippen MR) is 116 cm³/mol. The standard InChI is InChI=1S/C24H28N2O5/c1-16-15-25(23(28)19-9-6-5-7-10-19)13-14-26(16)22(27)18(3)31-21-12-8-11-20(17(21)2)24(29)30-4/h5-12,16,18H,13-15H2,1-4H3. The summed E-state index contributed by atoms with van der Waals surface area (Å²) < 4.78 is 10.7. The molecule has 0 radical (unpaired) electrons. The highest BCUT2D eigenvalue weighted by molar-refractivity contribution is 5.94. The number of amides is 2. The molecular formula is C24H28N2O5. The molecule has 0 aliphatic carbocycles. The summed E-state index contributed by atoms with van der Waals surface area (Å²) in [6.07, 6.45) is -0.731. The first kappa shape index (κ1) is 22.3. The quantitative estimate of drug-likeness (QED) is 0.690. The molecule has 0 spiro atoms. The number of hydrogen-bond acceptors (Lipinski definition) is 5. The summed E-state index contributed by atoms with van der Waals surface area (Å²) in [5, 5.41) is 0. The van der Waals surface area contributed by atoms with Gasteiger partial charge in [0.15, 0.2) is 6.10 Å². The molecule has 7 nitrogen and oxygen atoms in total. The van der Waals surface area contributed by atoms with Crippen LogP contribution >= 0.6 is 0 Å². The monoisotopic (exact) mass is 424 g/mol. The van der Waals surface area contributed by atoms with Crippen LogP contribution in [0, 0.1) is 6.92 Å². The number of ether oxygens (including phenoxy) is 2. The second kappa shape index (κ2) is 9.64. The number of carbonyl (C=O) groups excluding carboxylic acids is 3. The third-order valence-corrected chi connectivity index (χ3v) is 5.56. The van der Waals surface area contributed by atoms with Crippen molar-refractivity contribution in [2.75, 3.05) is 26.7 Å². The number of piperazine rings is 1. The fourth-order valence-electron chi connectivity index (χ4n) is 3.78. The summed E-state index contributed by atoms with van der Waals surface area (Å²) in [5.41, 5.74) is 1.67. The first-order chi connectivity index (χ1) is 14.8.